The molecule has 6 heteroatoms. The van der Waals surface area contributed by atoms with Crippen molar-refractivity contribution in [2.45, 2.75) is 39.5 Å². The molecular weight excluding hydrogens is 236 g/mol. The van der Waals surface area contributed by atoms with E-state index in [9.17, 15) is 4.79 Å². The molecule has 0 aliphatic heterocycles. The highest BCUT2D eigenvalue weighted by Gasteiger charge is 2.37. The van der Waals surface area contributed by atoms with E-state index in [2.05, 4.69) is 29.4 Å². The van der Waals surface area contributed by atoms with Crippen LogP contribution in [-0.4, -0.2) is 16.1 Å². The highest BCUT2D eigenvalue weighted by molar-refractivity contribution is 7.18. The number of hydrogen-bond donors (Lipinski definition) is 2. The van der Waals surface area contributed by atoms with Crippen molar-refractivity contribution < 1.29 is 4.79 Å². The van der Waals surface area contributed by atoms with Gasteiger partial charge in [-0.05, 0) is 18.3 Å². The highest BCUT2D eigenvalue weighted by atomic mass is 32.1. The number of nitrogens with one attached hydrogen (secondary N) is 1. The summed E-state index contributed by atoms with van der Waals surface area (Å²) < 4.78 is 0. The van der Waals surface area contributed by atoms with Gasteiger partial charge in [-0.2, -0.15) is 0 Å². The molecule has 0 bridgehead atoms. The van der Waals surface area contributed by atoms with Crippen molar-refractivity contribution in [2.75, 3.05) is 11.1 Å². The van der Waals surface area contributed by atoms with E-state index >= 15 is 0 Å². The predicted molar refractivity (Wildman–Crippen MR) is 68.7 cm³/mol. The lowest BCUT2D eigenvalue weighted by Crippen LogP contribution is -2.37. The van der Waals surface area contributed by atoms with E-state index in [0.717, 1.165) is 19.3 Å². The van der Waals surface area contributed by atoms with Gasteiger partial charge in [0.05, 0.1) is 0 Å². The Hall–Kier alpha value is -1.17. The maximum atomic E-state index is 12.2. The van der Waals surface area contributed by atoms with Gasteiger partial charge in [-0.1, -0.05) is 38.0 Å². The Morgan fingerprint density at radius 2 is 2.24 bits per heavy atom. The molecule has 2 rings (SSSR count). The van der Waals surface area contributed by atoms with Gasteiger partial charge in [0.15, 0.2) is 0 Å². The molecule has 1 aliphatic rings. The summed E-state index contributed by atoms with van der Waals surface area (Å²) in [7, 11) is 0. The van der Waals surface area contributed by atoms with Gasteiger partial charge in [0.1, 0.15) is 0 Å². The third-order valence-corrected chi connectivity index (χ3v) is 4.16. The molecule has 1 aromatic rings. The van der Waals surface area contributed by atoms with Crippen LogP contribution in [0, 0.1) is 11.3 Å². The lowest BCUT2D eigenvalue weighted by atomic mass is 9.68. The van der Waals surface area contributed by atoms with Gasteiger partial charge in [0, 0.05) is 5.92 Å². The van der Waals surface area contributed by atoms with Gasteiger partial charge in [-0.3, -0.25) is 4.79 Å². The van der Waals surface area contributed by atoms with E-state index in [1.54, 1.807) is 0 Å². The van der Waals surface area contributed by atoms with Crippen LogP contribution in [0.4, 0.5) is 10.3 Å². The topological polar surface area (TPSA) is 80.9 Å². The van der Waals surface area contributed by atoms with Gasteiger partial charge < -0.3 is 11.1 Å². The molecule has 1 atom stereocenters. The number of rotatable bonds is 2. The van der Waals surface area contributed by atoms with Crippen LogP contribution in [0.25, 0.3) is 0 Å². The lowest BCUT2D eigenvalue weighted by molar-refractivity contribution is -0.124. The van der Waals surface area contributed by atoms with Gasteiger partial charge in [-0.25, -0.2) is 0 Å². The Morgan fingerprint density at radius 1 is 1.47 bits per heavy atom. The fraction of sp³-hybridized carbons (Fsp3) is 0.727. The molecule has 1 fully saturated rings. The van der Waals surface area contributed by atoms with Gasteiger partial charge in [0.25, 0.3) is 0 Å². The molecule has 0 spiro atoms. The number of carbonyl (C=O) groups excluding carboxylic acids is 1. The Labute approximate surface area is 105 Å². The monoisotopic (exact) mass is 254 g/mol. The first-order chi connectivity index (χ1) is 7.99. The number of nitrogens with zero attached hydrogens (tertiary/aromatic N) is 2. The molecular formula is C11H18N4OS. The van der Waals surface area contributed by atoms with Crippen LogP contribution in [0.3, 0.4) is 0 Å². The van der Waals surface area contributed by atoms with E-state index in [1.165, 1.54) is 17.8 Å². The third kappa shape index (κ3) is 2.74. The maximum absolute atomic E-state index is 12.2. The summed E-state index contributed by atoms with van der Waals surface area (Å²) in [6.07, 6.45) is 4.39. The molecule has 1 aromatic heterocycles. The van der Waals surface area contributed by atoms with Crippen LogP contribution in [0.15, 0.2) is 0 Å². The van der Waals surface area contributed by atoms with E-state index < -0.39 is 0 Å². The fourth-order valence-corrected chi connectivity index (χ4v) is 2.97. The van der Waals surface area contributed by atoms with Crippen LogP contribution in [0.1, 0.15) is 39.5 Å². The average molecular weight is 254 g/mol. The smallest absolute Gasteiger partial charge is 0.229 e. The maximum Gasteiger partial charge on any atom is 0.229 e. The second-order valence-electron chi connectivity index (χ2n) is 5.22. The van der Waals surface area contributed by atoms with Crippen LogP contribution in [0.2, 0.25) is 0 Å². The molecule has 3 N–H and O–H groups in total. The first kappa shape index (κ1) is 12.3. The fourth-order valence-electron chi connectivity index (χ4n) is 2.46. The molecule has 1 aliphatic carbocycles. The number of amides is 1. The number of nitrogens with two attached hydrogens (primary N) is 1. The van der Waals surface area contributed by atoms with Crippen molar-refractivity contribution in [2.24, 2.45) is 11.3 Å². The molecule has 1 heterocycles. The quantitative estimate of drug-likeness (QED) is 0.848. The highest BCUT2D eigenvalue weighted by Crippen LogP contribution is 2.41. The normalized spacial score (nSPS) is 23.3. The van der Waals surface area contributed by atoms with Gasteiger partial charge in [0.2, 0.25) is 16.2 Å². The molecule has 0 aromatic carbocycles. The van der Waals surface area contributed by atoms with E-state index in [1.807, 2.05) is 0 Å². The summed E-state index contributed by atoms with van der Waals surface area (Å²) in [5, 5.41) is 11.2. The van der Waals surface area contributed by atoms with Crippen molar-refractivity contribution >= 4 is 27.5 Å². The molecule has 0 radical (unpaired) electrons. The Morgan fingerprint density at radius 3 is 2.82 bits per heavy atom. The zero-order valence-corrected chi connectivity index (χ0v) is 11.0. The minimum atomic E-state index is 0.0471. The van der Waals surface area contributed by atoms with Crippen molar-refractivity contribution in [1.82, 2.24) is 10.2 Å². The largest absolute Gasteiger partial charge is 0.374 e. The molecule has 1 unspecified atom stereocenters. The van der Waals surface area contributed by atoms with E-state index in [0.29, 0.717) is 10.3 Å². The number of carbonyl (C=O) groups is 1. The van der Waals surface area contributed by atoms with E-state index in [4.69, 9.17) is 5.73 Å². The SMILES string of the molecule is CC1(C)CCCCC1C(=O)Nc1nnc(N)s1. The van der Waals surface area contributed by atoms with Crippen molar-refractivity contribution in [3.8, 4) is 0 Å². The summed E-state index contributed by atoms with van der Waals surface area (Å²) in [4.78, 5) is 12.2. The Balaban J connectivity index is 2.04. The number of hydrogen-bond acceptors (Lipinski definition) is 5. The Kier molecular flexibility index (Phi) is 3.33. The second-order valence-corrected chi connectivity index (χ2v) is 6.23. The number of nitrogen functional groups attached to an aromatic ring is 1. The van der Waals surface area contributed by atoms with Gasteiger partial charge in [-0.15, -0.1) is 10.2 Å². The summed E-state index contributed by atoms with van der Waals surface area (Å²) in [5.74, 6) is 0.104. The van der Waals surface area contributed by atoms with Crippen LogP contribution in [-0.2, 0) is 4.79 Å². The second kappa shape index (κ2) is 4.60. The van der Waals surface area contributed by atoms with Crippen molar-refractivity contribution in [3.05, 3.63) is 0 Å². The number of aromatic nitrogens is 2. The molecule has 94 valence electrons. The molecule has 1 amide bonds. The van der Waals surface area contributed by atoms with Gasteiger partial charge >= 0.3 is 0 Å². The van der Waals surface area contributed by atoms with Crippen LogP contribution in [0.5, 0.6) is 0 Å². The first-order valence-electron chi connectivity index (χ1n) is 5.89. The summed E-state index contributed by atoms with van der Waals surface area (Å²) in [6, 6.07) is 0. The Bertz CT molecular complexity index is 415. The van der Waals surface area contributed by atoms with Crippen LogP contribution < -0.4 is 11.1 Å². The number of anilines is 2. The third-order valence-electron chi connectivity index (χ3n) is 3.49. The minimum Gasteiger partial charge on any atom is -0.374 e. The average Bonchev–Trinajstić information content (AvgIpc) is 2.63. The standard InChI is InChI=1S/C11H18N4OS/c1-11(2)6-4-3-5-7(11)8(16)13-10-15-14-9(12)17-10/h7H,3-6H2,1-2H3,(H2,12,14)(H,13,15,16). The summed E-state index contributed by atoms with van der Waals surface area (Å²) >= 11 is 1.20. The molecule has 5 nitrogen and oxygen atoms in total. The molecule has 17 heavy (non-hydrogen) atoms. The van der Waals surface area contributed by atoms with Crippen LogP contribution >= 0.6 is 11.3 Å². The molecule has 0 saturated heterocycles. The van der Waals surface area contributed by atoms with E-state index in [-0.39, 0.29) is 17.2 Å². The lowest BCUT2D eigenvalue weighted by Gasteiger charge is -2.37. The van der Waals surface area contributed by atoms with Crippen molar-refractivity contribution in [3.63, 3.8) is 0 Å². The zero-order chi connectivity index (χ0) is 12.5. The zero-order valence-electron chi connectivity index (χ0n) is 10.2. The predicted octanol–water partition coefficient (Wildman–Crippen LogP) is 2.28. The molecule has 1 saturated carbocycles. The summed E-state index contributed by atoms with van der Waals surface area (Å²) in [6.45, 7) is 4.32. The van der Waals surface area contributed by atoms with Crippen molar-refractivity contribution in [1.29, 1.82) is 0 Å². The summed E-state index contributed by atoms with van der Waals surface area (Å²) in [5.41, 5.74) is 5.55. The first-order valence-corrected chi connectivity index (χ1v) is 6.70. The minimum absolute atomic E-state index is 0.0471.